The summed E-state index contributed by atoms with van der Waals surface area (Å²) in [5.41, 5.74) is -1.88. The van der Waals surface area contributed by atoms with Crippen molar-refractivity contribution in [3.63, 3.8) is 0 Å². The summed E-state index contributed by atoms with van der Waals surface area (Å²) in [7, 11) is -4.24. The minimum Gasteiger partial charge on any atom is -0.347 e. The molecule has 31 heavy (non-hydrogen) atoms. The van der Waals surface area contributed by atoms with Gasteiger partial charge in [0, 0.05) is 29.2 Å². The molecule has 0 amide bonds. The van der Waals surface area contributed by atoms with E-state index >= 15 is 0 Å². The van der Waals surface area contributed by atoms with E-state index in [1.54, 1.807) is 25.5 Å². The molecule has 1 heterocycles. The molecule has 1 aliphatic rings. The van der Waals surface area contributed by atoms with Gasteiger partial charge in [-0.3, -0.25) is 0 Å². The summed E-state index contributed by atoms with van der Waals surface area (Å²) in [6.07, 6.45) is -7.35. The summed E-state index contributed by atoms with van der Waals surface area (Å²) < 4.78 is 109. The van der Waals surface area contributed by atoms with Crippen LogP contribution in [0.25, 0.3) is 10.9 Å². The Kier molecular flexibility index (Phi) is 5.92. The zero-order valence-corrected chi connectivity index (χ0v) is 18.0. The van der Waals surface area contributed by atoms with E-state index in [2.05, 4.69) is 0 Å². The number of halogens is 6. The average Bonchev–Trinajstić information content (AvgIpc) is 2.84. The predicted octanol–water partition coefficient (Wildman–Crippen LogP) is 5.78. The van der Waals surface area contributed by atoms with Gasteiger partial charge < -0.3 is 4.57 Å². The van der Waals surface area contributed by atoms with Crippen LogP contribution >= 0.6 is 0 Å². The van der Waals surface area contributed by atoms with Crippen molar-refractivity contribution in [2.24, 2.45) is 5.41 Å². The Hall–Kier alpha value is -1.75. The van der Waals surface area contributed by atoms with Crippen molar-refractivity contribution in [2.75, 3.05) is 0 Å². The highest BCUT2D eigenvalue weighted by atomic mass is 32.2. The number of rotatable bonds is 5. The lowest BCUT2D eigenvalue weighted by atomic mass is 9.97. The number of hydrogen-bond acceptors (Lipinski definition) is 2. The molecule has 1 aromatic heterocycles. The fraction of sp³-hybridized carbons (Fsp3) is 0.600. The Labute approximate surface area is 176 Å². The van der Waals surface area contributed by atoms with Crippen LogP contribution in [-0.4, -0.2) is 24.4 Å². The van der Waals surface area contributed by atoms with Crippen LogP contribution in [0.4, 0.5) is 26.3 Å². The summed E-state index contributed by atoms with van der Waals surface area (Å²) in [6.45, 7) is 5.54. The van der Waals surface area contributed by atoms with Crippen LogP contribution in [0.3, 0.4) is 0 Å². The Morgan fingerprint density at radius 2 is 1.71 bits per heavy atom. The summed E-state index contributed by atoms with van der Waals surface area (Å²) in [6, 6.07) is -0.0682. The molecule has 11 heteroatoms. The Morgan fingerprint density at radius 3 is 2.16 bits per heavy atom. The molecule has 1 N–H and O–H groups in total. The largest absolute Gasteiger partial charge is 0.416 e. The smallest absolute Gasteiger partial charge is 0.347 e. The van der Waals surface area contributed by atoms with E-state index in [-0.39, 0.29) is 30.3 Å². The molecule has 0 bridgehead atoms. The maximum absolute atomic E-state index is 13.9. The van der Waals surface area contributed by atoms with E-state index < -0.39 is 50.2 Å². The molecule has 1 fully saturated rings. The summed E-state index contributed by atoms with van der Waals surface area (Å²) in [4.78, 5) is 0. The zero-order valence-electron chi connectivity index (χ0n) is 17.2. The van der Waals surface area contributed by atoms with Crippen molar-refractivity contribution in [2.45, 2.75) is 70.2 Å². The van der Waals surface area contributed by atoms with Gasteiger partial charge in [-0.2, -0.15) is 31.1 Å². The molecule has 1 aliphatic carbocycles. The number of benzene rings is 1. The van der Waals surface area contributed by atoms with E-state index in [0.717, 1.165) is 18.3 Å². The Morgan fingerprint density at radius 1 is 1.10 bits per heavy atom. The first-order valence-electron chi connectivity index (χ1n) is 9.77. The van der Waals surface area contributed by atoms with Gasteiger partial charge in [-0.15, -0.1) is 0 Å². The van der Waals surface area contributed by atoms with E-state index in [1.165, 1.54) is 4.57 Å². The third-order valence-electron chi connectivity index (χ3n) is 5.30. The highest BCUT2D eigenvalue weighted by Crippen LogP contribution is 2.41. The van der Waals surface area contributed by atoms with E-state index in [0.29, 0.717) is 12.5 Å². The van der Waals surface area contributed by atoms with E-state index in [1.807, 2.05) is 0 Å². The number of aromatic nitrogens is 1. The van der Waals surface area contributed by atoms with Gasteiger partial charge in [-0.05, 0) is 30.4 Å². The maximum atomic E-state index is 13.9. The maximum Gasteiger partial charge on any atom is 0.416 e. The first-order valence-corrected chi connectivity index (χ1v) is 11.3. The molecule has 1 unspecified atom stereocenters. The van der Waals surface area contributed by atoms with E-state index in [9.17, 15) is 34.8 Å². The van der Waals surface area contributed by atoms with Gasteiger partial charge in [0.25, 0.3) is 0 Å². The number of sulfonamides is 1. The van der Waals surface area contributed by atoms with Crippen LogP contribution in [0.5, 0.6) is 0 Å². The molecule has 174 valence electrons. The molecule has 2 aromatic rings. The summed E-state index contributed by atoms with van der Waals surface area (Å²) in [5, 5.41) is -0.965. The first-order chi connectivity index (χ1) is 14.0. The number of nitrogens with one attached hydrogen (secondary N) is 1. The second kappa shape index (κ2) is 7.68. The van der Waals surface area contributed by atoms with Gasteiger partial charge in [-0.25, -0.2) is 8.42 Å². The standard InChI is InChI=1S/C20H24F6N2O2S/c1-18(2,3)11-28-10-15(14-8-7-12(9-16(14)28)19(21,22)23)17(20(24,25)26)27-31(29,30)13-5-4-6-13/h7-10,13,17,27H,4-6,11H2,1-3H3. The lowest BCUT2D eigenvalue weighted by Gasteiger charge is -2.29. The summed E-state index contributed by atoms with van der Waals surface area (Å²) >= 11 is 0. The van der Waals surface area contributed by atoms with Crippen molar-refractivity contribution in [1.29, 1.82) is 0 Å². The molecular weight excluding hydrogens is 446 g/mol. The van der Waals surface area contributed by atoms with Crippen molar-refractivity contribution in [3.05, 3.63) is 35.5 Å². The highest BCUT2D eigenvalue weighted by molar-refractivity contribution is 7.90. The van der Waals surface area contributed by atoms with Crippen molar-refractivity contribution in [1.82, 2.24) is 9.29 Å². The monoisotopic (exact) mass is 470 g/mol. The van der Waals surface area contributed by atoms with Gasteiger partial charge in [0.1, 0.15) is 6.04 Å². The predicted molar refractivity (Wildman–Crippen MR) is 105 cm³/mol. The molecule has 0 spiro atoms. The molecule has 1 saturated carbocycles. The van der Waals surface area contributed by atoms with Gasteiger partial charge in [-0.1, -0.05) is 33.3 Å². The third-order valence-corrected chi connectivity index (χ3v) is 7.21. The number of nitrogens with zero attached hydrogens (tertiary/aromatic N) is 1. The number of fused-ring (bicyclic) bond motifs is 1. The summed E-state index contributed by atoms with van der Waals surface area (Å²) in [5.74, 6) is 0. The minimum atomic E-state index is -4.97. The highest BCUT2D eigenvalue weighted by Gasteiger charge is 2.47. The minimum absolute atomic E-state index is 0.0307. The lowest BCUT2D eigenvalue weighted by molar-refractivity contribution is -0.152. The second-order valence-electron chi connectivity index (χ2n) is 9.19. The van der Waals surface area contributed by atoms with Gasteiger partial charge in [0.05, 0.1) is 10.8 Å². The van der Waals surface area contributed by atoms with Crippen molar-refractivity contribution in [3.8, 4) is 0 Å². The Bertz CT molecular complexity index is 1060. The molecule has 0 aliphatic heterocycles. The average molecular weight is 470 g/mol. The molecule has 4 nitrogen and oxygen atoms in total. The molecule has 1 atom stereocenters. The SMILES string of the molecule is CC(C)(C)Cn1cc(C(NS(=O)(=O)C2CCC2)C(F)(F)F)c2ccc(C(F)(F)F)cc21. The second-order valence-corrected chi connectivity index (χ2v) is 11.2. The molecule has 0 radical (unpaired) electrons. The fourth-order valence-electron chi connectivity index (χ4n) is 3.62. The molecular formula is C20H24F6N2O2S. The van der Waals surface area contributed by atoms with Crippen LogP contribution in [0, 0.1) is 5.41 Å². The first kappa shape index (κ1) is 23.9. The van der Waals surface area contributed by atoms with Crippen LogP contribution < -0.4 is 4.72 Å². The van der Waals surface area contributed by atoms with Gasteiger partial charge in [0.15, 0.2) is 0 Å². The molecule has 1 aromatic carbocycles. The van der Waals surface area contributed by atoms with Crippen LogP contribution in [0.2, 0.25) is 0 Å². The number of hydrogen-bond donors (Lipinski definition) is 1. The fourth-order valence-corrected chi connectivity index (χ4v) is 5.35. The van der Waals surface area contributed by atoms with Gasteiger partial charge >= 0.3 is 12.4 Å². The third kappa shape index (κ3) is 5.19. The van der Waals surface area contributed by atoms with Crippen LogP contribution in [0.15, 0.2) is 24.4 Å². The van der Waals surface area contributed by atoms with Crippen molar-refractivity contribution >= 4 is 20.9 Å². The van der Waals surface area contributed by atoms with Crippen LogP contribution in [-0.2, 0) is 22.7 Å². The molecule has 0 saturated heterocycles. The normalized spacial score (nSPS) is 17.7. The Balaban J connectivity index is 2.17. The van der Waals surface area contributed by atoms with E-state index in [4.69, 9.17) is 0 Å². The quantitative estimate of drug-likeness (QED) is 0.563. The lowest BCUT2D eigenvalue weighted by Crippen LogP contribution is -2.44. The molecule has 3 rings (SSSR count). The zero-order chi connectivity index (χ0) is 23.4. The topological polar surface area (TPSA) is 51.1 Å². The number of alkyl halides is 6. The van der Waals surface area contributed by atoms with Gasteiger partial charge in [0.2, 0.25) is 10.0 Å². The van der Waals surface area contributed by atoms with Crippen molar-refractivity contribution < 1.29 is 34.8 Å². The van der Waals surface area contributed by atoms with Crippen LogP contribution in [0.1, 0.15) is 57.2 Å².